The summed E-state index contributed by atoms with van der Waals surface area (Å²) >= 11 is 3.14. The molecule has 0 aliphatic heterocycles. The van der Waals surface area contributed by atoms with E-state index >= 15 is 0 Å². The summed E-state index contributed by atoms with van der Waals surface area (Å²) in [5, 5.41) is 0.705. The van der Waals surface area contributed by atoms with Gasteiger partial charge in [-0.1, -0.05) is 22.9 Å². The molecule has 0 amide bonds. The van der Waals surface area contributed by atoms with Crippen molar-refractivity contribution in [3.05, 3.63) is 12.0 Å². The second-order valence-corrected chi connectivity index (χ2v) is 5.16. The number of aromatic nitrogens is 2. The Hall–Kier alpha value is -0.400. The van der Waals surface area contributed by atoms with Crippen molar-refractivity contribution in [3.63, 3.8) is 0 Å². The van der Waals surface area contributed by atoms with E-state index in [1.54, 1.807) is 0 Å². The number of aromatic amines is 1. The van der Waals surface area contributed by atoms with Gasteiger partial charge in [0.2, 0.25) is 0 Å². The van der Waals surface area contributed by atoms with Crippen LogP contribution in [0.4, 0.5) is 0 Å². The number of aryl methyl sites for hydroxylation is 1. The van der Waals surface area contributed by atoms with Crippen LogP contribution in [0.2, 0.25) is 0 Å². The number of H-pyrrole nitrogens is 1. The van der Waals surface area contributed by atoms with Gasteiger partial charge in [0.05, 0.1) is 6.20 Å². The normalized spacial score (nSPS) is 11.9. The fourth-order valence-electron chi connectivity index (χ4n) is 0.910. The van der Waals surface area contributed by atoms with Crippen LogP contribution in [0.25, 0.3) is 0 Å². The van der Waals surface area contributed by atoms with Crippen LogP contribution in [0.15, 0.2) is 11.2 Å². The maximum absolute atomic E-state index is 11.5. The Balaban J connectivity index is 2.81. The van der Waals surface area contributed by atoms with Gasteiger partial charge in [0, 0.05) is 18.3 Å². The van der Waals surface area contributed by atoms with Crippen molar-refractivity contribution in [2.45, 2.75) is 18.4 Å². The lowest BCUT2D eigenvalue weighted by Crippen LogP contribution is -2.25. The molecule has 1 heterocycles. The van der Waals surface area contributed by atoms with Crippen LogP contribution in [0.3, 0.4) is 0 Å². The zero-order valence-corrected chi connectivity index (χ0v) is 10.2. The molecule has 0 aromatic carbocycles. The van der Waals surface area contributed by atoms with Gasteiger partial charge < -0.3 is 4.98 Å². The zero-order chi connectivity index (χ0) is 10.6. The summed E-state index contributed by atoms with van der Waals surface area (Å²) in [5.74, 6) is 0.671. The maximum Gasteiger partial charge on any atom is 0.257 e. The summed E-state index contributed by atoms with van der Waals surface area (Å²) < 4.78 is 25.5. The van der Waals surface area contributed by atoms with Gasteiger partial charge in [-0.2, -0.15) is 0 Å². The van der Waals surface area contributed by atoms with E-state index in [-0.39, 0.29) is 5.03 Å². The number of hydrogen-bond donors (Lipinski definition) is 2. The summed E-state index contributed by atoms with van der Waals surface area (Å²) in [5.41, 5.74) is 0. The molecular formula is C7H12BrN3O2S. The number of nitrogens with zero attached hydrogens (tertiary/aromatic N) is 1. The number of sulfonamides is 1. The fourth-order valence-corrected chi connectivity index (χ4v) is 2.34. The SMILES string of the molecule is CCc1ncc(S(=O)(=O)NCCBr)[nH]1. The molecular weight excluding hydrogens is 270 g/mol. The largest absolute Gasteiger partial charge is 0.332 e. The highest BCUT2D eigenvalue weighted by Gasteiger charge is 2.15. The highest BCUT2D eigenvalue weighted by Crippen LogP contribution is 2.05. The third-order valence-corrected chi connectivity index (χ3v) is 3.38. The molecule has 1 aromatic heterocycles. The van der Waals surface area contributed by atoms with E-state index in [2.05, 4.69) is 30.6 Å². The van der Waals surface area contributed by atoms with Crippen molar-refractivity contribution < 1.29 is 8.42 Å². The predicted molar refractivity (Wildman–Crippen MR) is 56.9 cm³/mol. The molecule has 0 saturated carbocycles. The van der Waals surface area contributed by atoms with Gasteiger partial charge in [-0.3, -0.25) is 0 Å². The molecule has 7 heteroatoms. The predicted octanol–water partition coefficient (Wildman–Crippen LogP) is 0.645. The Morgan fingerprint density at radius 2 is 2.36 bits per heavy atom. The first-order valence-electron chi connectivity index (χ1n) is 4.19. The van der Waals surface area contributed by atoms with Crippen molar-refractivity contribution in [1.82, 2.24) is 14.7 Å². The zero-order valence-electron chi connectivity index (χ0n) is 7.75. The van der Waals surface area contributed by atoms with Crippen LogP contribution in [-0.4, -0.2) is 30.3 Å². The molecule has 2 N–H and O–H groups in total. The quantitative estimate of drug-likeness (QED) is 0.778. The first-order valence-corrected chi connectivity index (χ1v) is 6.80. The van der Waals surface area contributed by atoms with E-state index < -0.39 is 10.0 Å². The lowest BCUT2D eigenvalue weighted by molar-refractivity contribution is 0.581. The molecule has 0 radical (unpaired) electrons. The highest BCUT2D eigenvalue weighted by molar-refractivity contribution is 9.09. The first kappa shape index (κ1) is 11.7. The molecule has 0 aliphatic rings. The molecule has 0 atom stereocenters. The van der Waals surface area contributed by atoms with Gasteiger partial charge in [-0.15, -0.1) is 0 Å². The van der Waals surface area contributed by atoms with Crippen molar-refractivity contribution >= 4 is 26.0 Å². The van der Waals surface area contributed by atoms with Gasteiger partial charge in [0.15, 0.2) is 5.03 Å². The molecule has 0 saturated heterocycles. The number of nitrogens with one attached hydrogen (secondary N) is 2. The number of alkyl halides is 1. The Labute approximate surface area is 91.5 Å². The van der Waals surface area contributed by atoms with E-state index in [1.165, 1.54) is 6.20 Å². The van der Waals surface area contributed by atoms with Gasteiger partial charge in [0.25, 0.3) is 10.0 Å². The smallest absolute Gasteiger partial charge is 0.257 e. The molecule has 0 fully saturated rings. The lowest BCUT2D eigenvalue weighted by Gasteiger charge is -2.01. The summed E-state index contributed by atoms with van der Waals surface area (Å²) in [4.78, 5) is 6.66. The van der Waals surface area contributed by atoms with Crippen LogP contribution in [0, 0.1) is 0 Å². The molecule has 80 valence electrons. The minimum absolute atomic E-state index is 0.121. The van der Waals surface area contributed by atoms with E-state index in [1.807, 2.05) is 6.92 Å². The number of hydrogen-bond acceptors (Lipinski definition) is 3. The Morgan fingerprint density at radius 3 is 2.86 bits per heavy atom. The average molecular weight is 282 g/mol. The second kappa shape index (κ2) is 4.90. The Bertz CT molecular complexity index is 387. The minimum atomic E-state index is -3.41. The molecule has 1 rings (SSSR count). The van der Waals surface area contributed by atoms with E-state index in [0.29, 0.717) is 24.1 Å². The van der Waals surface area contributed by atoms with Crippen molar-refractivity contribution in [1.29, 1.82) is 0 Å². The molecule has 0 bridgehead atoms. The number of rotatable bonds is 5. The summed E-state index contributed by atoms with van der Waals surface area (Å²) in [6.07, 6.45) is 2.02. The summed E-state index contributed by atoms with van der Waals surface area (Å²) in [6, 6.07) is 0. The van der Waals surface area contributed by atoms with Crippen molar-refractivity contribution in [3.8, 4) is 0 Å². The Kier molecular flexibility index (Phi) is 4.09. The van der Waals surface area contributed by atoms with Crippen LogP contribution in [0.1, 0.15) is 12.7 Å². The maximum atomic E-state index is 11.5. The molecule has 14 heavy (non-hydrogen) atoms. The monoisotopic (exact) mass is 281 g/mol. The van der Waals surface area contributed by atoms with Gasteiger partial charge in [-0.05, 0) is 0 Å². The van der Waals surface area contributed by atoms with Crippen molar-refractivity contribution in [2.75, 3.05) is 11.9 Å². The molecule has 5 nitrogen and oxygen atoms in total. The van der Waals surface area contributed by atoms with Gasteiger partial charge >= 0.3 is 0 Å². The van der Waals surface area contributed by atoms with Crippen LogP contribution >= 0.6 is 15.9 Å². The van der Waals surface area contributed by atoms with E-state index in [0.717, 1.165) is 0 Å². The first-order chi connectivity index (χ1) is 6.60. The summed E-state index contributed by atoms with van der Waals surface area (Å²) in [7, 11) is -3.41. The minimum Gasteiger partial charge on any atom is -0.332 e. The van der Waals surface area contributed by atoms with E-state index in [4.69, 9.17) is 0 Å². The van der Waals surface area contributed by atoms with Gasteiger partial charge in [0.1, 0.15) is 5.82 Å². The number of imidazole rings is 1. The molecule has 0 aliphatic carbocycles. The fraction of sp³-hybridized carbons (Fsp3) is 0.571. The topological polar surface area (TPSA) is 74.8 Å². The number of halogens is 1. The highest BCUT2D eigenvalue weighted by atomic mass is 79.9. The van der Waals surface area contributed by atoms with Crippen LogP contribution in [0.5, 0.6) is 0 Å². The van der Waals surface area contributed by atoms with E-state index in [9.17, 15) is 8.42 Å². The Morgan fingerprint density at radius 1 is 1.64 bits per heavy atom. The van der Waals surface area contributed by atoms with Gasteiger partial charge in [-0.25, -0.2) is 18.1 Å². The molecule has 1 aromatic rings. The average Bonchev–Trinajstić information content (AvgIpc) is 2.63. The third-order valence-electron chi connectivity index (χ3n) is 1.62. The lowest BCUT2D eigenvalue weighted by atomic mass is 10.5. The van der Waals surface area contributed by atoms with Crippen LogP contribution in [-0.2, 0) is 16.4 Å². The third kappa shape index (κ3) is 2.79. The molecule has 0 spiro atoms. The van der Waals surface area contributed by atoms with Crippen LogP contribution < -0.4 is 4.72 Å². The summed E-state index contributed by atoms with van der Waals surface area (Å²) in [6.45, 7) is 2.27. The van der Waals surface area contributed by atoms with Crippen molar-refractivity contribution in [2.24, 2.45) is 0 Å². The second-order valence-electron chi connectivity index (χ2n) is 2.63. The molecule has 0 unspecified atom stereocenters. The standard InChI is InChI=1S/C7H12BrN3O2S/c1-2-6-9-5-7(11-6)14(12,13)10-4-3-8/h5,10H,2-4H2,1H3,(H,9,11).